The predicted molar refractivity (Wildman–Crippen MR) is 146 cm³/mol. The Bertz CT molecular complexity index is 1350. The van der Waals surface area contributed by atoms with Crippen LogP contribution in [0.4, 0.5) is 13.2 Å². The number of pyridine rings is 1. The average Bonchev–Trinajstić information content (AvgIpc) is 3.75. The third-order valence-electron chi connectivity index (χ3n) is 7.89. The number of cyclic esters (lactones) is 1. The predicted octanol–water partition coefficient (Wildman–Crippen LogP) is 3.43. The maximum Gasteiger partial charge on any atom is 0.471 e. The number of carbonyl (C=O) groups excluding carboxylic acids is 4. The first kappa shape index (κ1) is 30.3. The van der Waals surface area contributed by atoms with Gasteiger partial charge in [0.05, 0.1) is 24.6 Å². The van der Waals surface area contributed by atoms with Crippen LogP contribution >= 0.6 is 0 Å². The number of rotatable bonds is 9. The second-order valence-corrected chi connectivity index (χ2v) is 11.3. The molecule has 1 aromatic heterocycles. The van der Waals surface area contributed by atoms with Crippen LogP contribution in [0.2, 0.25) is 0 Å². The van der Waals surface area contributed by atoms with Crippen molar-refractivity contribution in [2.75, 3.05) is 19.7 Å². The van der Waals surface area contributed by atoms with E-state index in [4.69, 9.17) is 9.47 Å². The molecule has 2 N–H and O–H groups in total. The Morgan fingerprint density at radius 1 is 1.09 bits per heavy atom. The van der Waals surface area contributed by atoms with Gasteiger partial charge < -0.3 is 25.0 Å². The summed E-state index contributed by atoms with van der Waals surface area (Å²) in [5.41, 5.74) is 1.81. The average molecular weight is 603 g/mol. The van der Waals surface area contributed by atoms with Crippen LogP contribution in [0, 0.1) is 5.92 Å². The normalized spacial score (nSPS) is 21.9. The van der Waals surface area contributed by atoms with Crippen LogP contribution < -0.4 is 15.4 Å². The number of piperidine rings is 1. The molecule has 13 heteroatoms. The van der Waals surface area contributed by atoms with Crippen molar-refractivity contribution in [1.29, 1.82) is 0 Å². The van der Waals surface area contributed by atoms with E-state index in [9.17, 15) is 32.3 Å². The molecule has 230 valence electrons. The van der Waals surface area contributed by atoms with Crippen LogP contribution in [0.1, 0.15) is 72.7 Å². The van der Waals surface area contributed by atoms with Crippen LogP contribution in [-0.2, 0) is 19.1 Å². The third kappa shape index (κ3) is 7.63. The molecule has 2 aliphatic heterocycles. The molecule has 2 aromatic rings. The molecule has 5 rings (SSSR count). The second-order valence-electron chi connectivity index (χ2n) is 11.3. The molecule has 3 fully saturated rings. The Balaban J connectivity index is 1.22. The first-order chi connectivity index (χ1) is 20.5. The van der Waals surface area contributed by atoms with Crippen molar-refractivity contribution < 1.29 is 41.8 Å². The van der Waals surface area contributed by atoms with Crippen molar-refractivity contribution >= 4 is 23.7 Å². The number of ether oxygens (including phenoxy) is 2. The zero-order valence-corrected chi connectivity index (χ0v) is 23.6. The van der Waals surface area contributed by atoms with E-state index in [1.54, 1.807) is 17.0 Å². The van der Waals surface area contributed by atoms with Gasteiger partial charge in [0.25, 0.3) is 5.91 Å². The van der Waals surface area contributed by atoms with Gasteiger partial charge in [0.15, 0.2) is 0 Å². The van der Waals surface area contributed by atoms with Gasteiger partial charge in [-0.3, -0.25) is 19.2 Å². The topological polar surface area (TPSA) is 127 Å². The highest BCUT2D eigenvalue weighted by Gasteiger charge is 2.41. The summed E-state index contributed by atoms with van der Waals surface area (Å²) >= 11 is 0. The molecule has 3 aliphatic rings. The second kappa shape index (κ2) is 12.6. The highest BCUT2D eigenvalue weighted by molar-refractivity contribution is 5.92. The summed E-state index contributed by atoms with van der Waals surface area (Å²) in [7, 11) is 0. The number of carbonyl (C=O) groups is 4. The van der Waals surface area contributed by atoms with Gasteiger partial charge in [-0.1, -0.05) is 24.3 Å². The number of hydrogen-bond donors (Lipinski definition) is 2. The Labute approximate surface area is 246 Å². The van der Waals surface area contributed by atoms with Crippen molar-refractivity contribution in [2.45, 2.75) is 69.3 Å². The van der Waals surface area contributed by atoms with Crippen molar-refractivity contribution in [3.05, 3.63) is 59.4 Å². The number of halogens is 3. The van der Waals surface area contributed by atoms with E-state index in [0.29, 0.717) is 37.4 Å². The Kier molecular flexibility index (Phi) is 8.88. The summed E-state index contributed by atoms with van der Waals surface area (Å²) in [6, 6.07) is 8.95. The highest BCUT2D eigenvalue weighted by atomic mass is 19.4. The summed E-state index contributed by atoms with van der Waals surface area (Å²) < 4.78 is 49.8. The maximum atomic E-state index is 12.9. The Hall–Kier alpha value is -4.16. The molecule has 10 nitrogen and oxygen atoms in total. The number of nitrogens with one attached hydrogen (secondary N) is 2. The van der Waals surface area contributed by atoms with E-state index in [1.165, 1.54) is 25.3 Å². The number of esters is 1. The number of aromatic nitrogens is 1. The van der Waals surface area contributed by atoms with Crippen LogP contribution in [0.15, 0.2) is 42.6 Å². The minimum absolute atomic E-state index is 0.0603. The molecule has 4 atom stereocenters. The van der Waals surface area contributed by atoms with Crippen molar-refractivity contribution in [3.8, 4) is 5.75 Å². The number of nitrogens with zero attached hydrogens (tertiary/aromatic N) is 2. The molecule has 1 aromatic carbocycles. The smallest absolute Gasteiger partial charge is 0.471 e. The van der Waals surface area contributed by atoms with Gasteiger partial charge in [0.1, 0.15) is 24.2 Å². The van der Waals surface area contributed by atoms with Crippen LogP contribution in [0.3, 0.4) is 0 Å². The fraction of sp³-hybridized carbons (Fsp3) is 0.500. The standard InChI is InChI=1S/C30H33F3N4O6/c1-17(35-29(41)30(31,32)33)26(20-8-6-19(7-9-20)18-4-5-18)43-23-10-11-24(34-14-23)27(39)36-22-3-2-12-37(15-22)28(40)21-13-25(38)42-16-21/h6-11,14,17-18,21-22,26H,2-5,12-13,15-16H2,1H3,(H,35,41)(H,36,39)/t17?,21-,22+,26?/m1/s1. The lowest BCUT2D eigenvalue weighted by atomic mass is 10.00. The molecular formula is C30H33F3N4O6. The van der Waals surface area contributed by atoms with Crippen LogP contribution in [0.5, 0.6) is 5.75 Å². The quantitative estimate of drug-likeness (QED) is 0.421. The van der Waals surface area contributed by atoms with E-state index in [-0.39, 0.29) is 36.4 Å². The van der Waals surface area contributed by atoms with E-state index in [0.717, 1.165) is 18.4 Å². The minimum Gasteiger partial charge on any atom is -0.482 e. The molecule has 0 spiro atoms. The van der Waals surface area contributed by atoms with Gasteiger partial charge >= 0.3 is 18.1 Å². The zero-order valence-electron chi connectivity index (χ0n) is 23.6. The molecule has 0 bridgehead atoms. The van der Waals surface area contributed by atoms with Gasteiger partial charge in [0, 0.05) is 19.1 Å². The van der Waals surface area contributed by atoms with Gasteiger partial charge in [-0.2, -0.15) is 13.2 Å². The SMILES string of the molecule is CC(NC(=O)C(F)(F)F)C(Oc1ccc(C(=O)N[C@H]2CCCN(C(=O)[C@H]3COC(=O)C3)C2)nc1)c1ccc(C2CC2)cc1. The van der Waals surface area contributed by atoms with Crippen LogP contribution in [0.25, 0.3) is 0 Å². The van der Waals surface area contributed by atoms with Gasteiger partial charge in [-0.15, -0.1) is 0 Å². The van der Waals surface area contributed by atoms with Crippen molar-refractivity contribution in [1.82, 2.24) is 20.5 Å². The number of alkyl halides is 3. The first-order valence-corrected chi connectivity index (χ1v) is 14.3. The largest absolute Gasteiger partial charge is 0.482 e. The lowest BCUT2D eigenvalue weighted by Crippen LogP contribution is -2.51. The summed E-state index contributed by atoms with van der Waals surface area (Å²) in [5.74, 6) is -2.89. The molecule has 3 heterocycles. The molecule has 1 saturated carbocycles. The summed E-state index contributed by atoms with van der Waals surface area (Å²) in [5, 5.41) is 4.86. The zero-order chi connectivity index (χ0) is 30.7. The molecule has 2 unspecified atom stereocenters. The monoisotopic (exact) mass is 602 g/mol. The van der Waals surface area contributed by atoms with E-state index in [2.05, 4.69) is 10.3 Å². The summed E-state index contributed by atoms with van der Waals surface area (Å²) in [6.45, 7) is 2.34. The van der Waals surface area contributed by atoms with Gasteiger partial charge in [0.2, 0.25) is 5.91 Å². The van der Waals surface area contributed by atoms with E-state index >= 15 is 0 Å². The molecule has 3 amide bonds. The lowest BCUT2D eigenvalue weighted by molar-refractivity contribution is -0.174. The first-order valence-electron chi connectivity index (χ1n) is 14.3. The Morgan fingerprint density at radius 2 is 1.84 bits per heavy atom. The number of amides is 3. The van der Waals surface area contributed by atoms with E-state index < -0.39 is 42.0 Å². The fourth-order valence-corrected chi connectivity index (χ4v) is 5.41. The molecular weight excluding hydrogens is 569 g/mol. The van der Waals surface area contributed by atoms with Crippen molar-refractivity contribution in [3.63, 3.8) is 0 Å². The summed E-state index contributed by atoms with van der Waals surface area (Å²) in [4.78, 5) is 54.5. The molecule has 43 heavy (non-hydrogen) atoms. The van der Waals surface area contributed by atoms with Crippen molar-refractivity contribution in [2.24, 2.45) is 5.92 Å². The number of benzene rings is 1. The van der Waals surface area contributed by atoms with Gasteiger partial charge in [-0.25, -0.2) is 4.98 Å². The molecule has 0 radical (unpaired) electrons. The third-order valence-corrected chi connectivity index (χ3v) is 7.89. The Morgan fingerprint density at radius 3 is 2.44 bits per heavy atom. The highest BCUT2D eigenvalue weighted by Crippen LogP contribution is 2.40. The molecule has 2 saturated heterocycles. The van der Waals surface area contributed by atoms with E-state index in [1.807, 2.05) is 17.4 Å². The van der Waals surface area contributed by atoms with Gasteiger partial charge in [-0.05, 0) is 61.8 Å². The van der Waals surface area contributed by atoms with Crippen LogP contribution in [-0.4, -0.2) is 71.5 Å². The fourth-order valence-electron chi connectivity index (χ4n) is 5.41. The summed E-state index contributed by atoms with van der Waals surface area (Å²) in [6.07, 6.45) is -1.11. The minimum atomic E-state index is -5.04. The number of hydrogen-bond acceptors (Lipinski definition) is 7. The number of likely N-dealkylation sites (tertiary alicyclic amines) is 1. The maximum absolute atomic E-state index is 12.9. The lowest BCUT2D eigenvalue weighted by Gasteiger charge is -2.34. The molecule has 1 aliphatic carbocycles.